The Hall–Kier alpha value is -2.47. The first-order valence-electron chi connectivity index (χ1n) is 8.27. The predicted octanol–water partition coefficient (Wildman–Crippen LogP) is 4.93. The largest absolute Gasteiger partial charge is 0.351 e. The molecule has 6 heteroatoms. The standard InChI is InChI=1S/C19H18BrN5/c1-12-15(20)3-2-4-16(12)23-18-11-17(13-7-9-21-10-8-13)24-19(25-18)22-14-5-6-14/h2-4,7-11,14H,5-6H2,1H3,(H2,22,23,24,25). The maximum Gasteiger partial charge on any atom is 0.225 e. The van der Waals surface area contributed by atoms with E-state index < -0.39 is 0 Å². The topological polar surface area (TPSA) is 62.7 Å². The SMILES string of the molecule is Cc1c(Br)cccc1Nc1cc(-c2ccncc2)nc(NC2CC2)n1. The number of pyridine rings is 1. The number of hydrogen-bond acceptors (Lipinski definition) is 5. The zero-order chi connectivity index (χ0) is 17.2. The zero-order valence-corrected chi connectivity index (χ0v) is 15.4. The molecular weight excluding hydrogens is 378 g/mol. The normalized spacial score (nSPS) is 13.5. The molecule has 25 heavy (non-hydrogen) atoms. The first-order chi connectivity index (χ1) is 12.2. The molecule has 1 fully saturated rings. The Kier molecular flexibility index (Phi) is 4.36. The van der Waals surface area contributed by atoms with E-state index in [1.54, 1.807) is 12.4 Å². The maximum atomic E-state index is 4.67. The van der Waals surface area contributed by atoms with E-state index in [-0.39, 0.29) is 0 Å². The van der Waals surface area contributed by atoms with Crippen LogP contribution in [0.4, 0.5) is 17.5 Å². The van der Waals surface area contributed by atoms with Crippen molar-refractivity contribution in [3.05, 3.63) is 58.8 Å². The molecule has 0 radical (unpaired) electrons. The lowest BCUT2D eigenvalue weighted by atomic mass is 10.2. The average Bonchev–Trinajstić information content (AvgIpc) is 3.43. The number of nitrogens with one attached hydrogen (secondary N) is 2. The molecule has 0 unspecified atom stereocenters. The second-order valence-electron chi connectivity index (χ2n) is 6.15. The summed E-state index contributed by atoms with van der Waals surface area (Å²) >= 11 is 3.57. The Morgan fingerprint density at radius 3 is 2.64 bits per heavy atom. The maximum absolute atomic E-state index is 4.67. The predicted molar refractivity (Wildman–Crippen MR) is 104 cm³/mol. The second-order valence-corrected chi connectivity index (χ2v) is 7.01. The van der Waals surface area contributed by atoms with E-state index in [9.17, 15) is 0 Å². The van der Waals surface area contributed by atoms with Crippen LogP contribution in [0.2, 0.25) is 0 Å². The molecule has 4 rings (SSSR count). The number of benzene rings is 1. The van der Waals surface area contributed by atoms with E-state index in [0.29, 0.717) is 12.0 Å². The molecular formula is C19H18BrN5. The van der Waals surface area contributed by atoms with E-state index >= 15 is 0 Å². The lowest BCUT2D eigenvalue weighted by molar-refractivity contribution is 1.06. The molecule has 1 aromatic carbocycles. The van der Waals surface area contributed by atoms with Gasteiger partial charge in [0.25, 0.3) is 0 Å². The van der Waals surface area contributed by atoms with Gasteiger partial charge in [0.2, 0.25) is 5.95 Å². The lowest BCUT2D eigenvalue weighted by Gasteiger charge is -2.13. The van der Waals surface area contributed by atoms with Crippen LogP contribution >= 0.6 is 15.9 Å². The van der Waals surface area contributed by atoms with Gasteiger partial charge in [-0.15, -0.1) is 0 Å². The fraction of sp³-hybridized carbons (Fsp3) is 0.211. The molecule has 0 spiro atoms. The minimum Gasteiger partial charge on any atom is -0.351 e. The number of nitrogens with zero attached hydrogens (tertiary/aromatic N) is 3. The van der Waals surface area contributed by atoms with E-state index in [4.69, 9.17) is 0 Å². The van der Waals surface area contributed by atoms with Gasteiger partial charge in [-0.1, -0.05) is 22.0 Å². The third-order valence-electron chi connectivity index (χ3n) is 4.14. The van der Waals surface area contributed by atoms with Crippen molar-refractivity contribution >= 4 is 33.4 Å². The summed E-state index contributed by atoms with van der Waals surface area (Å²) in [7, 11) is 0. The quantitative estimate of drug-likeness (QED) is 0.641. The summed E-state index contributed by atoms with van der Waals surface area (Å²) < 4.78 is 1.07. The first kappa shape index (κ1) is 16.0. The summed E-state index contributed by atoms with van der Waals surface area (Å²) in [4.78, 5) is 13.4. The van der Waals surface area contributed by atoms with Gasteiger partial charge in [-0.2, -0.15) is 4.98 Å². The van der Waals surface area contributed by atoms with Gasteiger partial charge in [0.15, 0.2) is 0 Å². The van der Waals surface area contributed by atoms with Gasteiger partial charge in [0, 0.05) is 40.2 Å². The Balaban J connectivity index is 1.71. The van der Waals surface area contributed by atoms with Gasteiger partial charge in [-0.25, -0.2) is 4.98 Å². The molecule has 0 saturated heterocycles. The molecule has 0 atom stereocenters. The fourth-order valence-corrected chi connectivity index (χ4v) is 2.90. The number of aromatic nitrogens is 3. The van der Waals surface area contributed by atoms with Crippen molar-refractivity contribution in [1.82, 2.24) is 15.0 Å². The van der Waals surface area contributed by atoms with Crippen LogP contribution in [0.1, 0.15) is 18.4 Å². The van der Waals surface area contributed by atoms with E-state index in [2.05, 4.69) is 48.4 Å². The summed E-state index contributed by atoms with van der Waals surface area (Å²) in [5, 5.41) is 6.81. The summed E-state index contributed by atoms with van der Waals surface area (Å²) in [6, 6.07) is 12.5. The summed E-state index contributed by atoms with van der Waals surface area (Å²) in [5.41, 5.74) is 4.05. The van der Waals surface area contributed by atoms with Crippen LogP contribution in [0.15, 0.2) is 53.3 Å². The molecule has 1 saturated carbocycles. The van der Waals surface area contributed by atoms with Crippen LogP contribution in [0, 0.1) is 6.92 Å². The molecule has 2 N–H and O–H groups in total. The Morgan fingerprint density at radius 2 is 1.88 bits per heavy atom. The van der Waals surface area contributed by atoms with Crippen molar-refractivity contribution in [2.24, 2.45) is 0 Å². The second kappa shape index (κ2) is 6.80. The smallest absolute Gasteiger partial charge is 0.225 e. The van der Waals surface area contributed by atoms with Gasteiger partial charge < -0.3 is 10.6 Å². The van der Waals surface area contributed by atoms with Crippen LogP contribution in [0.25, 0.3) is 11.3 Å². The van der Waals surface area contributed by atoms with E-state index in [1.807, 2.05) is 36.4 Å². The minimum atomic E-state index is 0.494. The number of hydrogen-bond donors (Lipinski definition) is 2. The fourth-order valence-electron chi connectivity index (χ4n) is 2.54. The van der Waals surface area contributed by atoms with Crippen molar-refractivity contribution < 1.29 is 0 Å². The molecule has 1 aliphatic carbocycles. The summed E-state index contributed by atoms with van der Waals surface area (Å²) in [5.74, 6) is 1.43. The monoisotopic (exact) mass is 395 g/mol. The highest BCUT2D eigenvalue weighted by Crippen LogP contribution is 2.29. The molecule has 3 aromatic rings. The van der Waals surface area contributed by atoms with Gasteiger partial charge in [0.05, 0.1) is 5.69 Å². The lowest BCUT2D eigenvalue weighted by Crippen LogP contribution is -2.08. The molecule has 1 aliphatic rings. The Morgan fingerprint density at radius 1 is 1.08 bits per heavy atom. The van der Waals surface area contributed by atoms with E-state index in [1.165, 1.54) is 12.8 Å². The Labute approximate surface area is 155 Å². The van der Waals surface area contributed by atoms with Crippen molar-refractivity contribution in [3.8, 4) is 11.3 Å². The third kappa shape index (κ3) is 3.79. The molecule has 5 nitrogen and oxygen atoms in total. The van der Waals surface area contributed by atoms with Crippen LogP contribution in [-0.2, 0) is 0 Å². The van der Waals surface area contributed by atoms with E-state index in [0.717, 1.165) is 32.8 Å². The number of rotatable bonds is 5. The van der Waals surface area contributed by atoms with Crippen molar-refractivity contribution in [1.29, 1.82) is 0 Å². The van der Waals surface area contributed by atoms with Gasteiger partial charge >= 0.3 is 0 Å². The van der Waals surface area contributed by atoms with Gasteiger partial charge in [-0.3, -0.25) is 4.98 Å². The van der Waals surface area contributed by atoms with Crippen molar-refractivity contribution in [2.75, 3.05) is 10.6 Å². The van der Waals surface area contributed by atoms with Gasteiger partial charge in [0.1, 0.15) is 5.82 Å². The number of anilines is 3. The van der Waals surface area contributed by atoms with Crippen LogP contribution < -0.4 is 10.6 Å². The molecule has 2 heterocycles. The third-order valence-corrected chi connectivity index (χ3v) is 5.00. The van der Waals surface area contributed by atoms with Crippen molar-refractivity contribution in [2.45, 2.75) is 25.8 Å². The van der Waals surface area contributed by atoms with Crippen molar-refractivity contribution in [3.63, 3.8) is 0 Å². The molecule has 126 valence electrons. The van der Waals surface area contributed by atoms with Crippen LogP contribution in [0.3, 0.4) is 0 Å². The highest BCUT2D eigenvalue weighted by Gasteiger charge is 2.22. The minimum absolute atomic E-state index is 0.494. The first-order valence-corrected chi connectivity index (χ1v) is 9.06. The van der Waals surface area contributed by atoms with Crippen LogP contribution in [0.5, 0.6) is 0 Å². The Bertz CT molecular complexity index is 894. The summed E-state index contributed by atoms with van der Waals surface area (Å²) in [6.45, 7) is 2.07. The number of halogens is 1. The highest BCUT2D eigenvalue weighted by atomic mass is 79.9. The zero-order valence-electron chi connectivity index (χ0n) is 13.8. The highest BCUT2D eigenvalue weighted by molar-refractivity contribution is 9.10. The molecule has 0 aliphatic heterocycles. The summed E-state index contributed by atoms with van der Waals surface area (Å²) in [6.07, 6.45) is 5.90. The molecule has 0 amide bonds. The average molecular weight is 396 g/mol. The van der Waals surface area contributed by atoms with Crippen LogP contribution in [-0.4, -0.2) is 21.0 Å². The molecule has 0 bridgehead atoms. The van der Waals surface area contributed by atoms with Gasteiger partial charge in [-0.05, 0) is 49.6 Å². The molecule has 2 aromatic heterocycles.